The summed E-state index contributed by atoms with van der Waals surface area (Å²) in [6.07, 6.45) is 6.46. The highest BCUT2D eigenvalue weighted by Gasteiger charge is 2.34. The van der Waals surface area contributed by atoms with Crippen molar-refractivity contribution >= 4 is 55.6 Å². The van der Waals surface area contributed by atoms with E-state index in [4.69, 9.17) is 10.7 Å². The quantitative estimate of drug-likeness (QED) is 0.366. The highest BCUT2D eigenvalue weighted by molar-refractivity contribution is 7.18. The second kappa shape index (κ2) is 10.6. The molecule has 10 heteroatoms. The van der Waals surface area contributed by atoms with Gasteiger partial charge in [-0.1, -0.05) is 19.9 Å². The number of nitrogens with two attached hydrogens (primary N) is 1. The molecule has 2 amide bonds. The van der Waals surface area contributed by atoms with Gasteiger partial charge in [-0.05, 0) is 56.6 Å². The lowest BCUT2D eigenvalue weighted by Gasteiger charge is -2.38. The van der Waals surface area contributed by atoms with Crippen LogP contribution in [0.25, 0.3) is 21.0 Å². The monoisotopic (exact) mass is 531 g/mol. The van der Waals surface area contributed by atoms with E-state index in [2.05, 4.69) is 66.3 Å². The predicted octanol–water partition coefficient (Wildman–Crippen LogP) is 4.43. The van der Waals surface area contributed by atoms with Crippen LogP contribution in [0.4, 0.5) is 11.5 Å². The van der Waals surface area contributed by atoms with Crippen molar-refractivity contribution in [1.82, 2.24) is 24.8 Å². The number of fused-ring (bicyclic) bond motifs is 2. The average molecular weight is 532 g/mol. The standard InChI is InChI=1S/C28H33N7O2S/c1-16-5-7-23(18-6-8-24-21(11-18)33-27(38-24)17(2)15-34(3)4)35(14-16)28(37)26(36)32-22-13-30-12-20-19(22)9-10-31-25(20)29/h6,8-13,16-17,23H,5,7,14-15H2,1-4H3,(H2,29,31)(H,32,36)/t16-,17?,23+/m0/s1. The molecule has 0 bridgehead atoms. The summed E-state index contributed by atoms with van der Waals surface area (Å²) in [7, 11) is 4.13. The van der Waals surface area contributed by atoms with Crippen LogP contribution in [0.2, 0.25) is 0 Å². The van der Waals surface area contributed by atoms with Gasteiger partial charge in [0.2, 0.25) is 0 Å². The first kappa shape index (κ1) is 26.0. The van der Waals surface area contributed by atoms with Crippen molar-refractivity contribution in [3.05, 3.63) is 53.4 Å². The summed E-state index contributed by atoms with van der Waals surface area (Å²) >= 11 is 1.72. The van der Waals surface area contributed by atoms with Gasteiger partial charge < -0.3 is 20.9 Å². The lowest BCUT2D eigenvalue weighted by molar-refractivity contribution is -0.146. The van der Waals surface area contributed by atoms with Crippen molar-refractivity contribution in [3.63, 3.8) is 0 Å². The van der Waals surface area contributed by atoms with Crippen LogP contribution in [0.5, 0.6) is 0 Å². The Morgan fingerprint density at radius 1 is 1.21 bits per heavy atom. The maximum Gasteiger partial charge on any atom is 0.313 e. The van der Waals surface area contributed by atoms with Gasteiger partial charge in [-0.3, -0.25) is 14.6 Å². The fourth-order valence-electron chi connectivity index (χ4n) is 5.25. The number of nitrogens with one attached hydrogen (secondary N) is 1. The first-order valence-electron chi connectivity index (χ1n) is 12.9. The smallest absolute Gasteiger partial charge is 0.313 e. The van der Waals surface area contributed by atoms with Gasteiger partial charge >= 0.3 is 11.8 Å². The van der Waals surface area contributed by atoms with E-state index in [1.165, 1.54) is 6.20 Å². The van der Waals surface area contributed by atoms with Crippen molar-refractivity contribution in [2.24, 2.45) is 5.92 Å². The molecule has 0 radical (unpaired) electrons. The van der Waals surface area contributed by atoms with Crippen LogP contribution in [0.1, 0.15) is 49.2 Å². The van der Waals surface area contributed by atoms with Crippen LogP contribution in [-0.4, -0.2) is 63.8 Å². The Balaban J connectivity index is 1.40. The third-order valence-electron chi connectivity index (χ3n) is 7.11. The molecule has 3 atom stereocenters. The molecule has 3 N–H and O–H groups in total. The van der Waals surface area contributed by atoms with E-state index >= 15 is 0 Å². The van der Waals surface area contributed by atoms with Gasteiger partial charge in [0.25, 0.3) is 0 Å². The number of hydrogen-bond acceptors (Lipinski definition) is 8. The molecule has 1 aliphatic heterocycles. The van der Waals surface area contributed by atoms with Crippen LogP contribution in [-0.2, 0) is 9.59 Å². The Morgan fingerprint density at radius 3 is 2.82 bits per heavy atom. The van der Waals surface area contributed by atoms with Crippen molar-refractivity contribution in [2.75, 3.05) is 38.2 Å². The van der Waals surface area contributed by atoms with Gasteiger partial charge in [0.05, 0.1) is 33.2 Å². The fourth-order valence-corrected chi connectivity index (χ4v) is 6.24. The number of rotatable bonds is 5. The number of nitrogens with zero attached hydrogens (tertiary/aromatic N) is 5. The number of nitrogen functional groups attached to an aromatic ring is 1. The topological polar surface area (TPSA) is 117 Å². The van der Waals surface area contributed by atoms with Gasteiger partial charge in [0.15, 0.2) is 0 Å². The maximum atomic E-state index is 13.5. The Hall–Kier alpha value is -3.63. The van der Waals surface area contributed by atoms with Crippen molar-refractivity contribution in [3.8, 4) is 0 Å². The zero-order valence-corrected chi connectivity index (χ0v) is 23.0. The van der Waals surface area contributed by atoms with Crippen molar-refractivity contribution in [1.29, 1.82) is 0 Å². The number of carbonyl (C=O) groups is 2. The lowest BCUT2D eigenvalue weighted by Crippen LogP contribution is -2.46. The number of hydrogen-bond donors (Lipinski definition) is 2. The molecule has 0 aliphatic carbocycles. The van der Waals surface area contributed by atoms with E-state index in [9.17, 15) is 9.59 Å². The van der Waals surface area contributed by atoms with E-state index < -0.39 is 11.8 Å². The molecule has 3 aromatic heterocycles. The number of thiazole rings is 1. The molecule has 4 heterocycles. The molecule has 9 nitrogen and oxygen atoms in total. The number of benzene rings is 1. The SMILES string of the molecule is CC(CN(C)C)c1nc2cc([C@H]3CC[C@H](C)CN3C(=O)C(=O)Nc3cncc4c(N)nccc34)ccc2s1. The number of likely N-dealkylation sites (N-methyl/N-ethyl adjacent to an activating group) is 1. The summed E-state index contributed by atoms with van der Waals surface area (Å²) in [6.45, 7) is 5.75. The van der Waals surface area contributed by atoms with E-state index in [1.54, 1.807) is 34.7 Å². The number of anilines is 2. The molecule has 4 aromatic rings. The van der Waals surface area contributed by atoms with Crippen molar-refractivity contribution < 1.29 is 9.59 Å². The minimum Gasteiger partial charge on any atom is -0.383 e. The van der Waals surface area contributed by atoms with Crippen molar-refractivity contribution in [2.45, 2.75) is 38.6 Å². The Bertz CT molecular complexity index is 1500. The van der Waals surface area contributed by atoms with Crippen LogP contribution < -0.4 is 11.1 Å². The first-order valence-corrected chi connectivity index (χ1v) is 13.7. The minimum atomic E-state index is -0.691. The molecule has 0 saturated carbocycles. The largest absolute Gasteiger partial charge is 0.383 e. The van der Waals surface area contributed by atoms with E-state index in [-0.39, 0.29) is 6.04 Å². The summed E-state index contributed by atoms with van der Waals surface area (Å²) in [5.41, 5.74) is 8.34. The normalized spacial score (nSPS) is 18.7. The summed E-state index contributed by atoms with van der Waals surface area (Å²) < 4.78 is 1.13. The molecule has 1 fully saturated rings. The molecule has 1 aromatic carbocycles. The second-order valence-electron chi connectivity index (χ2n) is 10.5. The lowest BCUT2D eigenvalue weighted by atomic mass is 9.89. The molecule has 1 aliphatic rings. The van der Waals surface area contributed by atoms with Gasteiger partial charge in [0, 0.05) is 42.2 Å². The number of likely N-dealkylation sites (tertiary alicyclic amines) is 1. The Labute approximate surface area is 226 Å². The second-order valence-corrected chi connectivity index (χ2v) is 11.6. The molecule has 5 rings (SSSR count). The molecule has 38 heavy (non-hydrogen) atoms. The van der Waals surface area contributed by atoms with Crippen LogP contribution in [0.15, 0.2) is 42.9 Å². The number of amides is 2. The molecular formula is C28H33N7O2S. The summed E-state index contributed by atoms with van der Waals surface area (Å²) in [6, 6.07) is 7.81. The average Bonchev–Trinajstić information content (AvgIpc) is 3.32. The summed E-state index contributed by atoms with van der Waals surface area (Å²) in [5, 5.41) is 5.18. The molecule has 1 unspecified atom stereocenters. The number of aromatic nitrogens is 3. The third kappa shape index (κ3) is 5.19. The molecule has 0 spiro atoms. The highest BCUT2D eigenvalue weighted by atomic mass is 32.1. The maximum absolute atomic E-state index is 13.5. The van der Waals surface area contributed by atoms with E-state index in [0.717, 1.165) is 40.2 Å². The third-order valence-corrected chi connectivity index (χ3v) is 8.38. The van der Waals surface area contributed by atoms with Gasteiger partial charge in [-0.15, -0.1) is 11.3 Å². The minimum absolute atomic E-state index is 0.191. The van der Waals surface area contributed by atoms with Crippen LogP contribution in [0, 0.1) is 5.92 Å². The molecule has 198 valence electrons. The van der Waals surface area contributed by atoms with E-state index in [0.29, 0.717) is 40.7 Å². The predicted molar refractivity (Wildman–Crippen MR) is 152 cm³/mol. The summed E-state index contributed by atoms with van der Waals surface area (Å²) in [5.74, 6) is -0.297. The zero-order chi connectivity index (χ0) is 27.0. The Kier molecular flexibility index (Phi) is 7.27. The van der Waals surface area contributed by atoms with Crippen LogP contribution in [0.3, 0.4) is 0 Å². The molecule has 1 saturated heterocycles. The number of pyridine rings is 2. The first-order chi connectivity index (χ1) is 18.2. The molecular weight excluding hydrogens is 498 g/mol. The van der Waals surface area contributed by atoms with Gasteiger partial charge in [-0.2, -0.15) is 0 Å². The summed E-state index contributed by atoms with van der Waals surface area (Å²) in [4.78, 5) is 43.8. The van der Waals surface area contributed by atoms with Crippen LogP contribution >= 0.6 is 11.3 Å². The number of piperidine rings is 1. The number of carbonyl (C=O) groups excluding carboxylic acids is 2. The van der Waals surface area contributed by atoms with Gasteiger partial charge in [0.1, 0.15) is 5.82 Å². The fraction of sp³-hybridized carbons (Fsp3) is 0.393. The van der Waals surface area contributed by atoms with Gasteiger partial charge in [-0.25, -0.2) is 9.97 Å². The zero-order valence-electron chi connectivity index (χ0n) is 22.1. The Morgan fingerprint density at radius 2 is 2.03 bits per heavy atom. The van der Waals surface area contributed by atoms with E-state index in [1.807, 2.05) is 0 Å². The highest BCUT2D eigenvalue weighted by Crippen LogP contribution is 2.36.